The summed E-state index contributed by atoms with van der Waals surface area (Å²) >= 11 is 0. The summed E-state index contributed by atoms with van der Waals surface area (Å²) < 4.78 is 12.7. The minimum absolute atomic E-state index is 0.0213. The molecule has 4 rings (SSSR count). The van der Waals surface area contributed by atoms with Crippen LogP contribution in [0.2, 0.25) is 0 Å². The molecule has 2 aliphatic carbocycles. The Labute approximate surface area is 145 Å². The Bertz CT molecular complexity index is 502. The summed E-state index contributed by atoms with van der Waals surface area (Å²) in [5.74, 6) is 0.837. The van der Waals surface area contributed by atoms with Gasteiger partial charge in [0.1, 0.15) is 0 Å². The molecule has 4 fully saturated rings. The number of aliphatic hydroxyl groups is 2. The second-order valence-electron chi connectivity index (χ2n) is 9.64. The van der Waals surface area contributed by atoms with Crippen LogP contribution in [0.3, 0.4) is 0 Å². The van der Waals surface area contributed by atoms with Crippen LogP contribution in [0.5, 0.6) is 0 Å². The van der Waals surface area contributed by atoms with E-state index in [2.05, 4.69) is 20.8 Å². The van der Waals surface area contributed by atoms with E-state index in [1.807, 2.05) is 0 Å². The van der Waals surface area contributed by atoms with Gasteiger partial charge in [-0.2, -0.15) is 0 Å². The summed E-state index contributed by atoms with van der Waals surface area (Å²) in [5, 5.41) is 20.8. The van der Waals surface area contributed by atoms with Crippen LogP contribution in [0, 0.1) is 22.7 Å². The number of hydrogen-bond acceptors (Lipinski definition) is 4. The first-order chi connectivity index (χ1) is 11.3. The molecule has 2 saturated carbocycles. The Hall–Kier alpha value is -0.160. The molecule has 0 aromatic carbocycles. The van der Waals surface area contributed by atoms with E-state index in [4.69, 9.17) is 9.47 Å². The number of hydrogen-bond donors (Lipinski definition) is 2. The lowest BCUT2D eigenvalue weighted by Gasteiger charge is -2.65. The molecule has 138 valence electrons. The van der Waals surface area contributed by atoms with E-state index >= 15 is 0 Å². The van der Waals surface area contributed by atoms with Crippen LogP contribution >= 0.6 is 0 Å². The average Bonchev–Trinajstić information content (AvgIpc) is 3.18. The molecule has 2 N–H and O–H groups in total. The first kappa shape index (κ1) is 17.3. The molecule has 4 aliphatic rings. The van der Waals surface area contributed by atoms with Crippen molar-refractivity contribution in [1.82, 2.24) is 0 Å². The molecule has 0 aromatic rings. The van der Waals surface area contributed by atoms with E-state index < -0.39 is 11.5 Å². The molecule has 4 nitrogen and oxygen atoms in total. The van der Waals surface area contributed by atoms with Crippen LogP contribution in [0.4, 0.5) is 0 Å². The smallest absolute Gasteiger partial charge is 0.0945 e. The van der Waals surface area contributed by atoms with Gasteiger partial charge in [-0.05, 0) is 50.4 Å². The Kier molecular flexibility index (Phi) is 3.90. The summed E-state index contributed by atoms with van der Waals surface area (Å²) in [6.07, 6.45) is 6.78. The summed E-state index contributed by atoms with van der Waals surface area (Å²) in [5.41, 5.74) is -0.593. The van der Waals surface area contributed by atoms with Gasteiger partial charge in [-0.1, -0.05) is 20.8 Å². The summed E-state index contributed by atoms with van der Waals surface area (Å²) in [7, 11) is 0. The van der Waals surface area contributed by atoms with Gasteiger partial charge in [0.05, 0.1) is 30.5 Å². The lowest BCUT2D eigenvalue weighted by molar-refractivity contribution is -0.266. The van der Waals surface area contributed by atoms with Gasteiger partial charge in [0.2, 0.25) is 0 Å². The highest BCUT2D eigenvalue weighted by Crippen LogP contribution is 2.68. The third-order valence-electron chi connectivity index (χ3n) is 8.67. The predicted octanol–water partition coefficient (Wildman–Crippen LogP) is 2.90. The molecule has 24 heavy (non-hydrogen) atoms. The van der Waals surface area contributed by atoms with Crippen LogP contribution < -0.4 is 0 Å². The Morgan fingerprint density at radius 1 is 1.04 bits per heavy atom. The van der Waals surface area contributed by atoms with Crippen LogP contribution in [0.25, 0.3) is 0 Å². The van der Waals surface area contributed by atoms with Gasteiger partial charge < -0.3 is 19.7 Å². The van der Waals surface area contributed by atoms with Crippen molar-refractivity contribution < 1.29 is 19.7 Å². The summed E-state index contributed by atoms with van der Waals surface area (Å²) in [6, 6.07) is 0. The Morgan fingerprint density at radius 3 is 2.50 bits per heavy atom. The zero-order chi connectivity index (χ0) is 17.2. The fourth-order valence-electron chi connectivity index (χ4n) is 7.00. The van der Waals surface area contributed by atoms with Crippen molar-refractivity contribution >= 4 is 0 Å². The van der Waals surface area contributed by atoms with Crippen molar-refractivity contribution in [1.29, 1.82) is 0 Å². The Morgan fingerprint density at radius 2 is 1.83 bits per heavy atom. The van der Waals surface area contributed by atoms with Gasteiger partial charge in [0, 0.05) is 23.9 Å². The van der Waals surface area contributed by atoms with Crippen molar-refractivity contribution in [3.8, 4) is 0 Å². The van der Waals surface area contributed by atoms with E-state index in [-0.39, 0.29) is 23.2 Å². The highest BCUT2D eigenvalue weighted by Gasteiger charge is 2.69. The SMILES string of the molecule is C[C@H]1CC[C@@H]2[C@](C)(CO)[C@H](O)CC[C@]2(C)[C@@]12CC[C@@]1(CCOC1)O2. The number of ether oxygens (including phenoxy) is 2. The quantitative estimate of drug-likeness (QED) is 0.772. The minimum Gasteiger partial charge on any atom is -0.396 e. The lowest BCUT2D eigenvalue weighted by Crippen LogP contribution is -2.66. The largest absolute Gasteiger partial charge is 0.396 e. The topological polar surface area (TPSA) is 58.9 Å². The maximum atomic E-state index is 10.7. The van der Waals surface area contributed by atoms with Gasteiger partial charge in [-0.3, -0.25) is 0 Å². The van der Waals surface area contributed by atoms with Crippen LogP contribution in [-0.4, -0.2) is 47.3 Å². The van der Waals surface area contributed by atoms with Crippen molar-refractivity contribution in [3.05, 3.63) is 0 Å². The number of rotatable bonds is 1. The van der Waals surface area contributed by atoms with Gasteiger partial charge in [-0.25, -0.2) is 0 Å². The van der Waals surface area contributed by atoms with Gasteiger partial charge in [-0.15, -0.1) is 0 Å². The predicted molar refractivity (Wildman–Crippen MR) is 91.6 cm³/mol. The molecule has 2 aliphatic heterocycles. The van der Waals surface area contributed by atoms with E-state index in [0.717, 1.165) is 58.2 Å². The van der Waals surface area contributed by atoms with E-state index in [9.17, 15) is 10.2 Å². The number of fused-ring (bicyclic) bond motifs is 2. The van der Waals surface area contributed by atoms with Crippen LogP contribution in [0.1, 0.15) is 65.7 Å². The molecule has 0 amide bonds. The van der Waals surface area contributed by atoms with Gasteiger partial charge in [0.15, 0.2) is 0 Å². The standard InChI is InChI=1S/C20H34O4/c1-14-4-5-15-17(2,12-21)16(22)6-7-18(15,3)20(14)9-8-19(24-20)10-11-23-13-19/h14-16,21-22H,4-13H2,1-3H3/t14-,15+,16+,17-,18-,19-,20+/m0/s1. The monoisotopic (exact) mass is 338 g/mol. The zero-order valence-electron chi connectivity index (χ0n) is 15.5. The van der Waals surface area contributed by atoms with E-state index in [1.54, 1.807) is 0 Å². The zero-order valence-corrected chi connectivity index (χ0v) is 15.5. The summed E-state index contributed by atoms with van der Waals surface area (Å²) in [4.78, 5) is 0. The normalized spacial score (nSPS) is 57.6. The molecule has 2 saturated heterocycles. The number of aliphatic hydroxyl groups excluding tert-OH is 2. The average molecular weight is 338 g/mol. The molecule has 0 radical (unpaired) electrons. The molecule has 7 atom stereocenters. The van der Waals surface area contributed by atoms with Crippen molar-refractivity contribution in [2.75, 3.05) is 19.8 Å². The first-order valence-corrected chi connectivity index (χ1v) is 9.89. The van der Waals surface area contributed by atoms with Crippen molar-refractivity contribution in [2.45, 2.75) is 83.0 Å². The van der Waals surface area contributed by atoms with Gasteiger partial charge in [0.25, 0.3) is 0 Å². The third-order valence-corrected chi connectivity index (χ3v) is 8.67. The third kappa shape index (κ3) is 2.00. The van der Waals surface area contributed by atoms with Gasteiger partial charge >= 0.3 is 0 Å². The summed E-state index contributed by atoms with van der Waals surface area (Å²) in [6.45, 7) is 8.46. The van der Waals surface area contributed by atoms with Crippen molar-refractivity contribution in [2.24, 2.45) is 22.7 Å². The molecule has 2 heterocycles. The van der Waals surface area contributed by atoms with Crippen molar-refractivity contribution in [3.63, 3.8) is 0 Å². The van der Waals surface area contributed by atoms with Crippen LogP contribution in [0.15, 0.2) is 0 Å². The molecule has 2 spiro atoms. The highest BCUT2D eigenvalue weighted by molar-refractivity contribution is 5.17. The minimum atomic E-state index is -0.411. The second kappa shape index (κ2) is 5.42. The first-order valence-electron chi connectivity index (χ1n) is 9.89. The molecule has 4 heteroatoms. The lowest BCUT2D eigenvalue weighted by atomic mass is 9.43. The fourth-order valence-corrected chi connectivity index (χ4v) is 7.00. The van der Waals surface area contributed by atoms with E-state index in [0.29, 0.717) is 11.8 Å². The Balaban J connectivity index is 1.74. The highest BCUT2D eigenvalue weighted by atomic mass is 16.6. The molecule has 0 unspecified atom stereocenters. The van der Waals surface area contributed by atoms with E-state index in [1.165, 1.54) is 0 Å². The fraction of sp³-hybridized carbons (Fsp3) is 1.00. The van der Waals surface area contributed by atoms with Crippen LogP contribution in [-0.2, 0) is 9.47 Å². The molecular formula is C20H34O4. The maximum Gasteiger partial charge on any atom is 0.0945 e. The second-order valence-corrected chi connectivity index (χ2v) is 9.64. The molecule has 0 bridgehead atoms. The molecule has 0 aromatic heterocycles. The maximum absolute atomic E-state index is 10.7. The molecular weight excluding hydrogens is 304 g/mol.